The highest BCUT2D eigenvalue weighted by Gasteiger charge is 2.47. The zero-order chi connectivity index (χ0) is 49.5. The van der Waals surface area contributed by atoms with E-state index >= 15 is 0 Å². The van der Waals surface area contributed by atoms with Crippen molar-refractivity contribution in [2.45, 2.75) is 293 Å². The Bertz CT molecular complexity index is 1180. The second-order valence-electron chi connectivity index (χ2n) is 19.8. The molecule has 2 saturated heterocycles. The average Bonchev–Trinajstić information content (AvgIpc) is 3.33. The summed E-state index contributed by atoms with van der Waals surface area (Å²) in [4.78, 5) is 13.0. The molecule has 402 valence electrons. The molecule has 2 rings (SSSR count). The average molecular weight is 975 g/mol. The van der Waals surface area contributed by atoms with E-state index in [4.69, 9.17) is 28.4 Å². The van der Waals surface area contributed by atoms with E-state index < -0.39 is 80.7 Å². The number of rotatable bonds is 45. The lowest BCUT2D eigenvalue weighted by molar-refractivity contribution is -0.332. The summed E-state index contributed by atoms with van der Waals surface area (Å²) in [6, 6.07) is 0. The minimum Gasteiger partial charge on any atom is -0.457 e. The van der Waals surface area contributed by atoms with Crippen molar-refractivity contribution < 1.29 is 69.0 Å². The third-order valence-electron chi connectivity index (χ3n) is 13.5. The number of unbranched alkanes of at least 4 members (excludes halogenated alkanes) is 29. The Kier molecular flexibility index (Phi) is 39.1. The van der Waals surface area contributed by atoms with Gasteiger partial charge in [0, 0.05) is 13.0 Å². The zero-order valence-corrected chi connectivity index (χ0v) is 42.9. The standard InChI is InChI=1S/C54H102O14/c1-3-5-7-9-11-13-15-17-19-20-21-22-23-25-27-29-31-33-35-37-46(56)66-43(40-63-38-36-34-32-30-28-26-24-18-16-14-12-10-8-6-4-2)41-64-53-52(62)50(60)48(58)45(68-53)42-65-54-51(61)49(59)47(57)44(39-55)67-54/h16,18,43-45,47-55,57-62H,3-15,17,19-42H2,1-2H3/b18-16-. The fourth-order valence-corrected chi connectivity index (χ4v) is 8.99. The van der Waals surface area contributed by atoms with Crippen LogP contribution >= 0.6 is 0 Å². The molecule has 0 bridgehead atoms. The van der Waals surface area contributed by atoms with Gasteiger partial charge < -0.3 is 64.2 Å². The number of aliphatic hydroxyl groups excluding tert-OH is 7. The number of hydrogen-bond donors (Lipinski definition) is 7. The predicted octanol–water partition coefficient (Wildman–Crippen LogP) is 9.02. The second-order valence-corrected chi connectivity index (χ2v) is 19.8. The Hall–Kier alpha value is -1.27. The third-order valence-corrected chi connectivity index (χ3v) is 13.5. The Morgan fingerprint density at radius 1 is 0.471 bits per heavy atom. The number of esters is 1. The Morgan fingerprint density at radius 3 is 1.34 bits per heavy atom. The van der Waals surface area contributed by atoms with Gasteiger partial charge in [-0.15, -0.1) is 0 Å². The summed E-state index contributed by atoms with van der Waals surface area (Å²) >= 11 is 0. The topological polar surface area (TPSA) is 214 Å². The zero-order valence-electron chi connectivity index (χ0n) is 42.9. The van der Waals surface area contributed by atoms with Crippen LogP contribution in [-0.4, -0.2) is 142 Å². The van der Waals surface area contributed by atoms with Crippen LogP contribution in [0.4, 0.5) is 0 Å². The van der Waals surface area contributed by atoms with E-state index in [0.717, 1.165) is 44.9 Å². The van der Waals surface area contributed by atoms with Crippen LogP contribution in [0.5, 0.6) is 0 Å². The van der Waals surface area contributed by atoms with E-state index in [2.05, 4.69) is 26.0 Å². The van der Waals surface area contributed by atoms with Gasteiger partial charge in [-0.2, -0.15) is 0 Å². The van der Waals surface area contributed by atoms with Gasteiger partial charge in [0.15, 0.2) is 12.6 Å². The molecule has 11 atom stereocenters. The quantitative estimate of drug-likeness (QED) is 0.0172. The first-order valence-corrected chi connectivity index (χ1v) is 27.8. The van der Waals surface area contributed by atoms with Crippen molar-refractivity contribution in [3.05, 3.63) is 12.2 Å². The van der Waals surface area contributed by atoms with Crippen LogP contribution in [0.1, 0.15) is 226 Å². The van der Waals surface area contributed by atoms with Gasteiger partial charge in [0.2, 0.25) is 0 Å². The van der Waals surface area contributed by atoms with Crippen LogP contribution in [0.2, 0.25) is 0 Å². The number of carbonyl (C=O) groups is 1. The van der Waals surface area contributed by atoms with Crippen LogP contribution in [0.3, 0.4) is 0 Å². The van der Waals surface area contributed by atoms with E-state index in [1.165, 1.54) is 154 Å². The maximum Gasteiger partial charge on any atom is 0.306 e. The molecule has 7 N–H and O–H groups in total. The Labute approximate surface area is 412 Å². The molecule has 68 heavy (non-hydrogen) atoms. The molecule has 2 aliphatic heterocycles. The molecule has 11 unspecified atom stereocenters. The van der Waals surface area contributed by atoms with Gasteiger partial charge in [0.1, 0.15) is 54.9 Å². The SMILES string of the molecule is CCCCCCC/C=C\CCCCCCCCOCC(COC1OC(COC2OC(CO)C(O)C(O)C2O)C(O)C(O)C1O)OC(=O)CCCCCCCCCCCCCCCCCCCCC. The summed E-state index contributed by atoms with van der Waals surface area (Å²) in [6.45, 7) is 3.71. The van der Waals surface area contributed by atoms with E-state index in [1.807, 2.05) is 0 Å². The third kappa shape index (κ3) is 29.3. The number of hydrogen-bond acceptors (Lipinski definition) is 14. The monoisotopic (exact) mass is 975 g/mol. The molecule has 0 amide bonds. The molecule has 0 aromatic heterocycles. The normalized spacial score (nSPS) is 25.9. The lowest BCUT2D eigenvalue weighted by Crippen LogP contribution is -2.61. The van der Waals surface area contributed by atoms with Gasteiger partial charge in [-0.25, -0.2) is 0 Å². The summed E-state index contributed by atoms with van der Waals surface area (Å²) in [5.74, 6) is -0.373. The van der Waals surface area contributed by atoms with Crippen molar-refractivity contribution in [3.63, 3.8) is 0 Å². The fourth-order valence-electron chi connectivity index (χ4n) is 8.99. The lowest BCUT2D eigenvalue weighted by atomic mass is 9.98. The van der Waals surface area contributed by atoms with Gasteiger partial charge in [-0.1, -0.05) is 193 Å². The van der Waals surface area contributed by atoms with Gasteiger partial charge >= 0.3 is 5.97 Å². The number of ether oxygens (including phenoxy) is 6. The van der Waals surface area contributed by atoms with Crippen molar-refractivity contribution in [2.75, 3.05) is 33.0 Å². The van der Waals surface area contributed by atoms with E-state index in [-0.39, 0.29) is 25.6 Å². The minimum atomic E-state index is -1.70. The molecule has 14 nitrogen and oxygen atoms in total. The van der Waals surface area contributed by atoms with E-state index in [1.54, 1.807) is 0 Å². The molecular weight excluding hydrogens is 873 g/mol. The molecule has 0 aromatic rings. The smallest absolute Gasteiger partial charge is 0.306 e. The molecule has 0 aromatic carbocycles. The van der Waals surface area contributed by atoms with Crippen LogP contribution in [0, 0.1) is 0 Å². The van der Waals surface area contributed by atoms with E-state index in [0.29, 0.717) is 13.0 Å². The number of allylic oxidation sites excluding steroid dienone is 2. The van der Waals surface area contributed by atoms with Gasteiger partial charge in [-0.3, -0.25) is 4.79 Å². The Morgan fingerprint density at radius 2 is 0.868 bits per heavy atom. The maximum atomic E-state index is 13.0. The molecule has 14 heteroatoms. The molecule has 0 saturated carbocycles. The summed E-state index contributed by atoms with van der Waals surface area (Å²) in [5, 5.41) is 72.2. The summed E-state index contributed by atoms with van der Waals surface area (Å²) in [6.07, 6.45) is 28.4. The molecule has 2 aliphatic rings. The maximum absolute atomic E-state index is 13.0. The second kappa shape index (κ2) is 42.3. The van der Waals surface area contributed by atoms with Crippen LogP contribution in [0.15, 0.2) is 12.2 Å². The molecule has 0 spiro atoms. The summed E-state index contributed by atoms with van der Waals surface area (Å²) in [7, 11) is 0. The van der Waals surface area contributed by atoms with Gasteiger partial charge in [0.25, 0.3) is 0 Å². The first-order valence-electron chi connectivity index (χ1n) is 27.8. The molecule has 2 heterocycles. The lowest BCUT2D eigenvalue weighted by Gasteiger charge is -2.42. The van der Waals surface area contributed by atoms with Crippen LogP contribution in [0.25, 0.3) is 0 Å². The summed E-state index contributed by atoms with van der Waals surface area (Å²) < 4.78 is 34.3. The minimum absolute atomic E-state index is 0.0630. The molecule has 0 radical (unpaired) electrons. The van der Waals surface area contributed by atoms with Crippen molar-refractivity contribution in [1.29, 1.82) is 0 Å². The first-order chi connectivity index (χ1) is 33.1. The fraction of sp³-hybridized carbons (Fsp3) is 0.944. The highest BCUT2D eigenvalue weighted by molar-refractivity contribution is 5.69. The summed E-state index contributed by atoms with van der Waals surface area (Å²) in [5.41, 5.74) is 0. The van der Waals surface area contributed by atoms with Crippen LogP contribution in [-0.2, 0) is 33.2 Å². The van der Waals surface area contributed by atoms with Crippen LogP contribution < -0.4 is 0 Å². The highest BCUT2D eigenvalue weighted by atomic mass is 16.7. The van der Waals surface area contributed by atoms with Crippen molar-refractivity contribution >= 4 is 5.97 Å². The predicted molar refractivity (Wildman–Crippen MR) is 266 cm³/mol. The van der Waals surface area contributed by atoms with Crippen molar-refractivity contribution in [2.24, 2.45) is 0 Å². The number of carbonyl (C=O) groups excluding carboxylic acids is 1. The van der Waals surface area contributed by atoms with Crippen molar-refractivity contribution in [3.8, 4) is 0 Å². The van der Waals surface area contributed by atoms with Crippen molar-refractivity contribution in [1.82, 2.24) is 0 Å². The Balaban J connectivity index is 1.73. The van der Waals surface area contributed by atoms with E-state index in [9.17, 15) is 40.5 Å². The molecule has 2 fully saturated rings. The van der Waals surface area contributed by atoms with Gasteiger partial charge in [0.05, 0.1) is 26.4 Å². The highest BCUT2D eigenvalue weighted by Crippen LogP contribution is 2.27. The largest absolute Gasteiger partial charge is 0.457 e. The van der Waals surface area contributed by atoms with Gasteiger partial charge in [-0.05, 0) is 38.5 Å². The number of aliphatic hydroxyl groups is 7. The molecular formula is C54H102O14. The molecule has 0 aliphatic carbocycles. The first kappa shape index (κ1) is 62.8.